The van der Waals surface area contributed by atoms with E-state index in [2.05, 4.69) is 24.1 Å². The summed E-state index contributed by atoms with van der Waals surface area (Å²) in [5.74, 6) is 0.357. The number of benzene rings is 1. The Morgan fingerprint density at radius 1 is 1.20 bits per heavy atom. The Hall–Kier alpha value is -2.95. The molecule has 1 unspecified atom stereocenters. The van der Waals surface area contributed by atoms with Gasteiger partial charge in [-0.15, -0.1) is 0 Å². The van der Waals surface area contributed by atoms with Crippen LogP contribution in [0.3, 0.4) is 0 Å². The highest BCUT2D eigenvalue weighted by atomic mass is 16.2. The summed E-state index contributed by atoms with van der Waals surface area (Å²) in [6, 6.07) is 11.3. The van der Waals surface area contributed by atoms with Crippen LogP contribution in [0.5, 0.6) is 0 Å². The van der Waals surface area contributed by atoms with E-state index in [1.807, 2.05) is 67.5 Å². The van der Waals surface area contributed by atoms with Gasteiger partial charge in [-0.3, -0.25) is 14.5 Å². The number of aromatic amines is 1. The number of H-pyrrole nitrogens is 1. The molecule has 30 heavy (non-hydrogen) atoms. The van der Waals surface area contributed by atoms with Gasteiger partial charge in [-0.1, -0.05) is 39.8 Å². The number of anilines is 2. The summed E-state index contributed by atoms with van der Waals surface area (Å²) >= 11 is 0. The first-order chi connectivity index (χ1) is 14.3. The summed E-state index contributed by atoms with van der Waals surface area (Å²) in [7, 11) is 0. The van der Waals surface area contributed by atoms with E-state index in [-0.39, 0.29) is 23.0 Å². The zero-order chi connectivity index (χ0) is 21.5. The summed E-state index contributed by atoms with van der Waals surface area (Å²) < 4.78 is 0. The number of allylic oxidation sites excluding steroid dienone is 1. The lowest BCUT2D eigenvalue weighted by Crippen LogP contribution is -2.40. The fourth-order valence-corrected chi connectivity index (χ4v) is 4.60. The molecule has 0 radical (unpaired) electrons. The Morgan fingerprint density at radius 3 is 2.67 bits per heavy atom. The maximum absolute atomic E-state index is 13.6. The van der Waals surface area contributed by atoms with Crippen LogP contribution in [-0.2, 0) is 9.59 Å². The lowest BCUT2D eigenvalue weighted by Gasteiger charge is -2.36. The highest BCUT2D eigenvalue weighted by molar-refractivity contribution is 6.06. The highest BCUT2D eigenvalue weighted by Crippen LogP contribution is 2.48. The Labute approximate surface area is 178 Å². The monoisotopic (exact) mass is 404 g/mol. The van der Waals surface area contributed by atoms with Crippen LogP contribution in [0.2, 0.25) is 0 Å². The molecule has 1 aliphatic carbocycles. The first-order valence-electron chi connectivity index (χ1n) is 10.7. The van der Waals surface area contributed by atoms with Crippen LogP contribution in [0.15, 0.2) is 60.1 Å². The number of para-hydroxylation sites is 2. The van der Waals surface area contributed by atoms with Crippen molar-refractivity contribution >= 4 is 23.1 Å². The second-order valence-electron chi connectivity index (χ2n) is 9.58. The van der Waals surface area contributed by atoms with Gasteiger partial charge in [0.05, 0.1) is 17.4 Å². The van der Waals surface area contributed by atoms with Crippen molar-refractivity contribution in [1.29, 1.82) is 0 Å². The van der Waals surface area contributed by atoms with Gasteiger partial charge >= 0.3 is 0 Å². The van der Waals surface area contributed by atoms with Gasteiger partial charge in [-0.25, -0.2) is 4.98 Å². The second kappa shape index (κ2) is 7.71. The van der Waals surface area contributed by atoms with Crippen LogP contribution in [0.4, 0.5) is 11.4 Å². The number of ketones is 1. The molecule has 4 rings (SSSR count). The molecule has 2 aliphatic rings. The van der Waals surface area contributed by atoms with E-state index in [4.69, 9.17) is 0 Å². The average Bonchev–Trinajstić information content (AvgIpc) is 2.81. The molecule has 2 heterocycles. The summed E-state index contributed by atoms with van der Waals surface area (Å²) in [5, 5.41) is 3.54. The fraction of sp³-hybridized carbons (Fsp3) is 0.400. The van der Waals surface area contributed by atoms with E-state index in [1.54, 1.807) is 0 Å². The molecule has 1 aliphatic heterocycles. The number of Topliss-reactive ketones (excluding diaryl/α,β-unsaturated/α-hetero) is 1. The van der Waals surface area contributed by atoms with Crippen molar-refractivity contribution in [2.24, 2.45) is 11.3 Å². The first kappa shape index (κ1) is 20.3. The molecule has 1 amide bonds. The van der Waals surface area contributed by atoms with Gasteiger partial charge in [-0.05, 0) is 36.0 Å². The van der Waals surface area contributed by atoms with Crippen LogP contribution in [-0.4, -0.2) is 11.7 Å². The molecule has 1 aromatic carbocycles. The van der Waals surface area contributed by atoms with Gasteiger partial charge in [-0.2, -0.15) is 0 Å². The number of nitrogens with zero attached hydrogens (tertiary/aromatic N) is 1. The quantitative estimate of drug-likeness (QED) is 0.807. The first-order valence-corrected chi connectivity index (χ1v) is 10.7. The van der Waals surface area contributed by atoms with Crippen LogP contribution >= 0.6 is 0 Å². The average molecular weight is 405 g/mol. The molecule has 1 aromatic heterocycles. The molecule has 0 spiro atoms. The van der Waals surface area contributed by atoms with E-state index in [1.165, 1.54) is 0 Å². The van der Waals surface area contributed by atoms with Gasteiger partial charge in [0.15, 0.2) is 18.2 Å². The van der Waals surface area contributed by atoms with Gasteiger partial charge in [0.25, 0.3) is 0 Å². The summed E-state index contributed by atoms with van der Waals surface area (Å²) in [6.45, 7) is 8.34. The molecule has 2 aromatic rings. The minimum absolute atomic E-state index is 0.0273. The number of carbonyl (C=O) groups is 2. The van der Waals surface area contributed by atoms with Gasteiger partial charge in [0, 0.05) is 35.7 Å². The lowest BCUT2D eigenvalue weighted by atomic mass is 9.73. The lowest BCUT2D eigenvalue weighted by molar-refractivity contribution is -0.378. The normalized spacial score (nSPS) is 20.4. The van der Waals surface area contributed by atoms with Gasteiger partial charge in [0.1, 0.15) is 0 Å². The number of hydrogen-bond acceptors (Lipinski definition) is 3. The number of carbonyl (C=O) groups excluding carboxylic acids is 2. The Kier molecular flexibility index (Phi) is 5.22. The molecule has 0 saturated carbocycles. The predicted octanol–water partition coefficient (Wildman–Crippen LogP) is 4.69. The van der Waals surface area contributed by atoms with E-state index in [0.717, 1.165) is 29.1 Å². The van der Waals surface area contributed by atoms with E-state index in [0.29, 0.717) is 18.4 Å². The minimum atomic E-state index is -0.455. The standard InChI is InChI=1S/C25H29N3O2/c1-16(2)12-22(30)28-20-10-6-5-9-18(20)27-19-13-25(3,4)14-21(29)23(19)24(28)17-8-7-11-26-15-17/h5-11,15-16,24,27H,12-14H2,1-4H3/p+1. The summed E-state index contributed by atoms with van der Waals surface area (Å²) in [5.41, 5.74) is 4.11. The number of fused-ring (bicyclic) bond motifs is 1. The fourth-order valence-electron chi connectivity index (χ4n) is 4.60. The SMILES string of the molecule is CC(C)CC(=O)N1c2ccccc2NC2=C(C(=O)CC(C)(C)C2)C1c1ccc[nH+]c1. The molecule has 0 fully saturated rings. The predicted molar refractivity (Wildman–Crippen MR) is 118 cm³/mol. The molecule has 0 bridgehead atoms. The molecule has 1 atom stereocenters. The number of hydrogen-bond donors (Lipinski definition) is 1. The van der Waals surface area contributed by atoms with Crippen LogP contribution in [0.25, 0.3) is 0 Å². The highest BCUT2D eigenvalue weighted by Gasteiger charge is 2.43. The maximum Gasteiger partial charge on any atom is 0.228 e. The maximum atomic E-state index is 13.6. The minimum Gasteiger partial charge on any atom is -0.357 e. The van der Waals surface area contributed by atoms with E-state index >= 15 is 0 Å². The Morgan fingerprint density at radius 2 is 1.97 bits per heavy atom. The number of pyridine rings is 1. The number of aromatic nitrogens is 1. The third-order valence-corrected chi connectivity index (χ3v) is 5.80. The Balaban J connectivity index is 1.98. The molecule has 2 N–H and O–H groups in total. The van der Waals surface area contributed by atoms with Crippen LogP contribution in [0.1, 0.15) is 58.6 Å². The molecule has 5 nitrogen and oxygen atoms in total. The topological polar surface area (TPSA) is 63.6 Å². The number of nitrogens with one attached hydrogen (secondary N) is 2. The molecule has 156 valence electrons. The van der Waals surface area contributed by atoms with Crippen molar-refractivity contribution in [3.63, 3.8) is 0 Å². The third kappa shape index (κ3) is 3.76. The largest absolute Gasteiger partial charge is 0.357 e. The van der Waals surface area contributed by atoms with Crippen molar-refractivity contribution < 1.29 is 14.6 Å². The van der Waals surface area contributed by atoms with Crippen molar-refractivity contribution in [2.75, 3.05) is 10.2 Å². The Bertz CT molecular complexity index is 1010. The molecular formula is C25H30N3O2+. The zero-order valence-electron chi connectivity index (χ0n) is 18.2. The van der Waals surface area contributed by atoms with Crippen LogP contribution < -0.4 is 15.2 Å². The van der Waals surface area contributed by atoms with Crippen molar-refractivity contribution in [3.8, 4) is 0 Å². The van der Waals surface area contributed by atoms with Gasteiger partial charge in [0.2, 0.25) is 5.91 Å². The molecule has 5 heteroatoms. The van der Waals surface area contributed by atoms with Crippen LogP contribution in [0, 0.1) is 11.3 Å². The number of amides is 1. The zero-order valence-corrected chi connectivity index (χ0v) is 18.2. The van der Waals surface area contributed by atoms with Gasteiger partial charge < -0.3 is 5.32 Å². The smallest absolute Gasteiger partial charge is 0.228 e. The van der Waals surface area contributed by atoms with E-state index < -0.39 is 6.04 Å². The summed E-state index contributed by atoms with van der Waals surface area (Å²) in [4.78, 5) is 32.0. The second-order valence-corrected chi connectivity index (χ2v) is 9.58. The molecular weight excluding hydrogens is 374 g/mol. The van der Waals surface area contributed by atoms with E-state index in [9.17, 15) is 9.59 Å². The summed E-state index contributed by atoms with van der Waals surface area (Å²) in [6.07, 6.45) is 5.40. The molecule has 0 saturated heterocycles. The van der Waals surface area contributed by atoms with Crippen molar-refractivity contribution in [3.05, 3.63) is 65.6 Å². The third-order valence-electron chi connectivity index (χ3n) is 5.80. The van der Waals surface area contributed by atoms with Crippen molar-refractivity contribution in [2.45, 2.75) is 53.0 Å². The van der Waals surface area contributed by atoms with Crippen molar-refractivity contribution in [1.82, 2.24) is 0 Å². The number of rotatable bonds is 3.